The second-order valence-corrected chi connectivity index (χ2v) is 7.95. The van der Waals surface area contributed by atoms with Crippen LogP contribution in [0, 0.1) is 0 Å². The third-order valence-electron chi connectivity index (χ3n) is 5.12. The van der Waals surface area contributed by atoms with E-state index >= 15 is 0 Å². The maximum atomic E-state index is 13.0. The molecule has 29 heavy (non-hydrogen) atoms. The summed E-state index contributed by atoms with van der Waals surface area (Å²) in [5, 5.41) is 6.04. The van der Waals surface area contributed by atoms with Crippen molar-refractivity contribution in [3.63, 3.8) is 0 Å². The molecule has 2 aromatic carbocycles. The van der Waals surface area contributed by atoms with Gasteiger partial charge in [-0.05, 0) is 40.1 Å². The molecule has 3 heterocycles. The van der Waals surface area contributed by atoms with E-state index in [1.165, 1.54) is 9.60 Å². The molecule has 144 valence electrons. The third-order valence-corrected chi connectivity index (χ3v) is 6.14. The van der Waals surface area contributed by atoms with E-state index in [-0.39, 0.29) is 11.9 Å². The lowest BCUT2D eigenvalue weighted by Gasteiger charge is -2.14. The molecule has 1 fully saturated rings. The Balaban J connectivity index is 1.33. The SMILES string of the molecule is O=C1NC(Cc2csc3ccccc23)C(=O)N1c1ccc(Cn2ccnc2)cc1. The molecular formula is C22H18N4O2S. The van der Waals surface area contributed by atoms with Gasteiger partial charge in [-0.2, -0.15) is 0 Å². The molecule has 5 rings (SSSR count). The van der Waals surface area contributed by atoms with Crippen LogP contribution in [0.3, 0.4) is 0 Å². The van der Waals surface area contributed by atoms with Crippen molar-refractivity contribution < 1.29 is 9.59 Å². The maximum Gasteiger partial charge on any atom is 0.329 e. The first-order chi connectivity index (χ1) is 14.2. The molecule has 1 aliphatic heterocycles. The maximum absolute atomic E-state index is 13.0. The zero-order valence-corrected chi connectivity index (χ0v) is 16.3. The van der Waals surface area contributed by atoms with Gasteiger partial charge in [0, 0.05) is 30.1 Å². The Hall–Kier alpha value is -3.45. The fourth-order valence-electron chi connectivity index (χ4n) is 3.67. The molecule has 0 saturated carbocycles. The number of amides is 3. The predicted molar refractivity (Wildman–Crippen MR) is 113 cm³/mol. The van der Waals surface area contributed by atoms with E-state index in [1.54, 1.807) is 23.9 Å². The number of carbonyl (C=O) groups excluding carboxylic acids is 2. The largest absolute Gasteiger partial charge is 0.333 e. The molecule has 0 radical (unpaired) electrons. The average Bonchev–Trinajstić information content (AvgIpc) is 3.44. The lowest BCUT2D eigenvalue weighted by molar-refractivity contribution is -0.118. The molecule has 6 nitrogen and oxygen atoms in total. The van der Waals surface area contributed by atoms with Crippen molar-refractivity contribution in [3.8, 4) is 0 Å². The molecule has 2 aromatic heterocycles. The number of anilines is 1. The predicted octanol–water partition coefficient (Wildman–Crippen LogP) is 3.81. The van der Waals surface area contributed by atoms with Crippen molar-refractivity contribution in [1.29, 1.82) is 0 Å². The summed E-state index contributed by atoms with van der Waals surface area (Å²) in [7, 11) is 0. The number of fused-ring (bicyclic) bond motifs is 1. The number of carbonyl (C=O) groups is 2. The summed E-state index contributed by atoms with van der Waals surface area (Å²) in [6.07, 6.45) is 5.87. The van der Waals surface area contributed by atoms with Gasteiger partial charge in [0.05, 0.1) is 12.0 Å². The van der Waals surface area contributed by atoms with Gasteiger partial charge in [-0.15, -0.1) is 11.3 Å². The van der Waals surface area contributed by atoms with Crippen LogP contribution in [0.4, 0.5) is 10.5 Å². The normalized spacial score (nSPS) is 16.6. The molecular weight excluding hydrogens is 384 g/mol. The van der Waals surface area contributed by atoms with Gasteiger partial charge in [0.25, 0.3) is 5.91 Å². The van der Waals surface area contributed by atoms with Gasteiger partial charge in [0.2, 0.25) is 0 Å². The summed E-state index contributed by atoms with van der Waals surface area (Å²) in [4.78, 5) is 30.7. The molecule has 7 heteroatoms. The van der Waals surface area contributed by atoms with Crippen molar-refractivity contribution in [2.75, 3.05) is 4.90 Å². The standard InChI is InChI=1S/C22H18N4O2S/c27-21-19(11-16-13-29-20-4-2-1-3-18(16)20)24-22(28)26(21)17-7-5-15(6-8-17)12-25-10-9-23-14-25/h1-10,13-14,19H,11-12H2,(H,24,28). The van der Waals surface area contributed by atoms with E-state index in [0.29, 0.717) is 18.7 Å². The number of imide groups is 1. The molecule has 0 bridgehead atoms. The first-order valence-corrected chi connectivity index (χ1v) is 10.2. The van der Waals surface area contributed by atoms with Gasteiger partial charge in [0.15, 0.2) is 0 Å². The first-order valence-electron chi connectivity index (χ1n) is 9.33. The number of nitrogens with one attached hydrogen (secondary N) is 1. The second-order valence-electron chi connectivity index (χ2n) is 7.04. The number of benzene rings is 2. The number of aromatic nitrogens is 2. The van der Waals surface area contributed by atoms with Gasteiger partial charge in [-0.1, -0.05) is 30.3 Å². The number of nitrogens with zero attached hydrogens (tertiary/aromatic N) is 3. The van der Waals surface area contributed by atoms with Gasteiger partial charge in [-0.3, -0.25) is 4.79 Å². The molecule has 1 atom stereocenters. The zero-order valence-electron chi connectivity index (χ0n) is 15.5. The van der Waals surface area contributed by atoms with Gasteiger partial charge >= 0.3 is 6.03 Å². The van der Waals surface area contributed by atoms with Crippen LogP contribution in [0.5, 0.6) is 0 Å². The van der Waals surface area contributed by atoms with E-state index in [9.17, 15) is 9.59 Å². The number of imidazole rings is 1. The highest BCUT2D eigenvalue weighted by atomic mass is 32.1. The van der Waals surface area contributed by atoms with Crippen LogP contribution in [0.15, 0.2) is 72.6 Å². The van der Waals surface area contributed by atoms with Crippen LogP contribution in [0.25, 0.3) is 10.1 Å². The third kappa shape index (κ3) is 3.30. The molecule has 3 amide bonds. The van der Waals surface area contributed by atoms with Crippen molar-refractivity contribution in [1.82, 2.24) is 14.9 Å². The highest BCUT2D eigenvalue weighted by Gasteiger charge is 2.39. The van der Waals surface area contributed by atoms with Gasteiger partial charge < -0.3 is 9.88 Å². The second kappa shape index (κ2) is 7.18. The highest BCUT2D eigenvalue weighted by molar-refractivity contribution is 7.17. The minimum atomic E-state index is -0.550. The van der Waals surface area contributed by atoms with E-state index in [2.05, 4.69) is 27.8 Å². The quantitative estimate of drug-likeness (QED) is 0.516. The molecule has 4 aromatic rings. The Morgan fingerprint density at radius 3 is 2.69 bits per heavy atom. The molecule has 1 aliphatic rings. The van der Waals surface area contributed by atoms with Crippen LogP contribution in [-0.4, -0.2) is 27.5 Å². The number of thiophene rings is 1. The minimum absolute atomic E-state index is 0.215. The molecule has 0 spiro atoms. The molecule has 1 N–H and O–H groups in total. The lowest BCUT2D eigenvalue weighted by atomic mass is 10.0. The monoisotopic (exact) mass is 402 g/mol. The Morgan fingerprint density at radius 2 is 1.90 bits per heavy atom. The number of urea groups is 1. The molecule has 1 unspecified atom stereocenters. The van der Waals surface area contributed by atoms with Crippen LogP contribution < -0.4 is 10.2 Å². The van der Waals surface area contributed by atoms with Crippen molar-refractivity contribution in [3.05, 3.63) is 83.8 Å². The van der Waals surface area contributed by atoms with Gasteiger partial charge in [0.1, 0.15) is 6.04 Å². The van der Waals surface area contributed by atoms with E-state index in [0.717, 1.165) is 16.5 Å². The molecule has 0 aliphatic carbocycles. The lowest BCUT2D eigenvalue weighted by Crippen LogP contribution is -2.32. The van der Waals surface area contributed by atoms with Crippen molar-refractivity contribution in [2.45, 2.75) is 19.0 Å². The summed E-state index contributed by atoms with van der Waals surface area (Å²) in [6.45, 7) is 0.689. The van der Waals surface area contributed by atoms with Crippen LogP contribution in [-0.2, 0) is 17.8 Å². The number of rotatable bonds is 5. The summed E-state index contributed by atoms with van der Waals surface area (Å²) >= 11 is 1.66. The van der Waals surface area contributed by atoms with E-state index in [1.807, 2.05) is 47.2 Å². The van der Waals surface area contributed by atoms with Crippen molar-refractivity contribution >= 4 is 39.0 Å². The molecule has 1 saturated heterocycles. The summed E-state index contributed by atoms with van der Waals surface area (Å²) < 4.78 is 3.15. The highest BCUT2D eigenvalue weighted by Crippen LogP contribution is 2.28. The van der Waals surface area contributed by atoms with Gasteiger partial charge in [-0.25, -0.2) is 14.7 Å². The van der Waals surface area contributed by atoms with Crippen LogP contribution in [0.1, 0.15) is 11.1 Å². The fourth-order valence-corrected chi connectivity index (χ4v) is 4.64. The minimum Gasteiger partial charge on any atom is -0.333 e. The first kappa shape index (κ1) is 17.6. The summed E-state index contributed by atoms with van der Waals surface area (Å²) in [5.41, 5.74) is 2.74. The summed E-state index contributed by atoms with van der Waals surface area (Å²) in [6, 6.07) is 14.7. The number of hydrogen-bond acceptors (Lipinski definition) is 4. The Kier molecular flexibility index (Phi) is 4.37. The smallest absolute Gasteiger partial charge is 0.329 e. The van der Waals surface area contributed by atoms with E-state index in [4.69, 9.17) is 0 Å². The Bertz CT molecular complexity index is 1180. The Morgan fingerprint density at radius 1 is 1.07 bits per heavy atom. The Labute approximate surface area is 171 Å². The van der Waals surface area contributed by atoms with Crippen molar-refractivity contribution in [2.24, 2.45) is 0 Å². The van der Waals surface area contributed by atoms with Crippen LogP contribution >= 0.6 is 11.3 Å². The number of hydrogen-bond donors (Lipinski definition) is 1. The van der Waals surface area contributed by atoms with E-state index < -0.39 is 6.04 Å². The zero-order chi connectivity index (χ0) is 19.8. The topological polar surface area (TPSA) is 67.2 Å². The summed E-state index contributed by atoms with van der Waals surface area (Å²) in [5.74, 6) is -0.215. The average molecular weight is 402 g/mol. The fraction of sp³-hybridized carbons (Fsp3) is 0.136. The van der Waals surface area contributed by atoms with Crippen LogP contribution in [0.2, 0.25) is 0 Å².